The summed E-state index contributed by atoms with van der Waals surface area (Å²) >= 11 is 0. The van der Waals surface area contributed by atoms with Crippen LogP contribution < -0.4 is 4.74 Å². The molecule has 0 N–H and O–H groups in total. The van der Waals surface area contributed by atoms with E-state index in [1.54, 1.807) is 0 Å². The molecule has 1 aliphatic rings. The van der Waals surface area contributed by atoms with Crippen LogP contribution in [0.15, 0.2) is 48.3 Å². The highest BCUT2D eigenvalue weighted by atomic mass is 16.5. The first kappa shape index (κ1) is 12.9. The highest BCUT2D eigenvalue weighted by Gasteiger charge is 2.11. The summed E-state index contributed by atoms with van der Waals surface area (Å²) in [4.78, 5) is 0. The van der Waals surface area contributed by atoms with Gasteiger partial charge in [-0.25, -0.2) is 0 Å². The minimum absolute atomic E-state index is 0.330. The van der Waals surface area contributed by atoms with Crippen LogP contribution in [0, 0.1) is 5.41 Å². The van der Waals surface area contributed by atoms with Gasteiger partial charge in [0.15, 0.2) is 0 Å². The molecule has 0 atom stereocenters. The molecule has 0 radical (unpaired) electrons. The maximum Gasteiger partial charge on any atom is 0.127 e. The summed E-state index contributed by atoms with van der Waals surface area (Å²) in [5.41, 5.74) is 1.69. The first-order valence-corrected chi connectivity index (χ1v) is 6.66. The fourth-order valence-corrected chi connectivity index (χ4v) is 2.09. The first-order valence-electron chi connectivity index (χ1n) is 6.66. The van der Waals surface area contributed by atoms with Gasteiger partial charge in [-0.1, -0.05) is 39.0 Å². The zero-order chi connectivity index (χ0) is 13.0. The Morgan fingerprint density at radius 2 is 1.78 bits per heavy atom. The molecule has 1 heteroatoms. The Morgan fingerprint density at radius 1 is 1.06 bits per heavy atom. The summed E-state index contributed by atoms with van der Waals surface area (Å²) in [5, 5.41) is 0. The van der Waals surface area contributed by atoms with Crippen molar-refractivity contribution < 1.29 is 4.74 Å². The molecule has 0 bridgehead atoms. The van der Waals surface area contributed by atoms with Gasteiger partial charge < -0.3 is 4.74 Å². The van der Waals surface area contributed by atoms with E-state index in [2.05, 4.69) is 57.2 Å². The number of hydrogen-bond donors (Lipinski definition) is 0. The van der Waals surface area contributed by atoms with Gasteiger partial charge in [0.25, 0.3) is 0 Å². The molecule has 0 saturated carbocycles. The molecule has 0 spiro atoms. The second-order valence-corrected chi connectivity index (χ2v) is 6.07. The second kappa shape index (κ2) is 5.43. The minimum atomic E-state index is 0.330. The highest BCUT2D eigenvalue weighted by Crippen LogP contribution is 2.23. The van der Waals surface area contributed by atoms with Gasteiger partial charge in [-0.2, -0.15) is 0 Å². The Labute approximate surface area is 110 Å². The van der Waals surface area contributed by atoms with E-state index in [1.807, 2.05) is 6.08 Å². The van der Waals surface area contributed by atoms with E-state index in [0.717, 1.165) is 30.8 Å². The lowest BCUT2D eigenvalue weighted by Crippen LogP contribution is -2.08. The van der Waals surface area contributed by atoms with Crippen LogP contribution in [-0.4, -0.2) is 0 Å². The Morgan fingerprint density at radius 3 is 2.33 bits per heavy atom. The molecule has 0 saturated heterocycles. The molecule has 0 aliphatic heterocycles. The lowest BCUT2D eigenvalue weighted by molar-refractivity contribution is 0.410. The molecule has 0 heterocycles. The minimum Gasteiger partial charge on any atom is -0.458 e. The van der Waals surface area contributed by atoms with E-state index < -0.39 is 0 Å². The third kappa shape index (κ3) is 4.06. The number of benzene rings is 1. The molecule has 1 aromatic rings. The molecule has 2 rings (SSSR count). The third-order valence-corrected chi connectivity index (χ3v) is 2.85. The van der Waals surface area contributed by atoms with Crippen molar-refractivity contribution in [2.75, 3.05) is 0 Å². The Kier molecular flexibility index (Phi) is 3.90. The Hall–Kier alpha value is -1.50. The molecule has 18 heavy (non-hydrogen) atoms. The quantitative estimate of drug-likeness (QED) is 0.733. The van der Waals surface area contributed by atoms with Crippen molar-refractivity contribution in [3.05, 3.63) is 53.8 Å². The molecule has 1 aromatic carbocycles. The predicted octanol–water partition coefficient (Wildman–Crippen LogP) is 4.89. The summed E-state index contributed by atoms with van der Waals surface area (Å²) in [6.45, 7) is 6.78. The number of hydrogen-bond acceptors (Lipinski definition) is 1. The molecular weight excluding hydrogens is 220 g/mol. The fourth-order valence-electron chi connectivity index (χ4n) is 2.09. The van der Waals surface area contributed by atoms with Crippen molar-refractivity contribution in [3.63, 3.8) is 0 Å². The van der Waals surface area contributed by atoms with Gasteiger partial charge >= 0.3 is 0 Å². The Bertz CT molecular complexity index is 443. The standard InChI is InChI=1S/C17H22O/c1-17(2,3)13-14-9-11-16(12-10-14)18-15-7-5-4-6-8-15/h5,7-12H,4,6,13H2,1-3H3. The highest BCUT2D eigenvalue weighted by molar-refractivity contribution is 5.31. The van der Waals surface area contributed by atoms with E-state index in [-0.39, 0.29) is 0 Å². The first-order chi connectivity index (χ1) is 8.53. The molecule has 1 nitrogen and oxygen atoms in total. The fraction of sp³-hybridized carbons (Fsp3) is 0.412. The molecular formula is C17H22O. The summed E-state index contributed by atoms with van der Waals surface area (Å²) in [7, 11) is 0. The summed E-state index contributed by atoms with van der Waals surface area (Å²) < 4.78 is 5.81. The number of rotatable bonds is 3. The lowest BCUT2D eigenvalue weighted by Gasteiger charge is -2.18. The molecule has 96 valence electrons. The van der Waals surface area contributed by atoms with Crippen molar-refractivity contribution in [2.24, 2.45) is 5.41 Å². The van der Waals surface area contributed by atoms with Crippen molar-refractivity contribution in [2.45, 2.75) is 40.0 Å². The lowest BCUT2D eigenvalue weighted by atomic mass is 9.88. The second-order valence-electron chi connectivity index (χ2n) is 6.07. The average molecular weight is 242 g/mol. The van der Waals surface area contributed by atoms with Gasteiger partial charge in [-0.3, -0.25) is 0 Å². The van der Waals surface area contributed by atoms with Crippen molar-refractivity contribution in [1.82, 2.24) is 0 Å². The maximum atomic E-state index is 5.81. The monoisotopic (exact) mass is 242 g/mol. The SMILES string of the molecule is CC(C)(C)Cc1ccc(OC2=CCCC=C2)cc1. The van der Waals surface area contributed by atoms with Crippen LogP contribution in [0.2, 0.25) is 0 Å². The molecule has 0 amide bonds. The third-order valence-electron chi connectivity index (χ3n) is 2.85. The summed E-state index contributed by atoms with van der Waals surface area (Å²) in [5.74, 6) is 1.88. The number of ether oxygens (including phenoxy) is 1. The zero-order valence-electron chi connectivity index (χ0n) is 11.6. The average Bonchev–Trinajstić information content (AvgIpc) is 2.31. The number of allylic oxidation sites excluding steroid dienone is 3. The van der Waals surface area contributed by atoms with Crippen molar-refractivity contribution in [1.29, 1.82) is 0 Å². The van der Waals surface area contributed by atoms with Gasteiger partial charge in [0.05, 0.1) is 0 Å². The van der Waals surface area contributed by atoms with Gasteiger partial charge in [-0.15, -0.1) is 0 Å². The molecule has 0 aromatic heterocycles. The van der Waals surface area contributed by atoms with Crippen LogP contribution in [0.25, 0.3) is 0 Å². The van der Waals surface area contributed by atoms with Gasteiger partial charge in [0.1, 0.15) is 11.5 Å². The van der Waals surface area contributed by atoms with E-state index in [0.29, 0.717) is 5.41 Å². The van der Waals surface area contributed by atoms with Crippen LogP contribution in [0.4, 0.5) is 0 Å². The normalized spacial score (nSPS) is 15.4. The predicted molar refractivity (Wildman–Crippen MR) is 76.7 cm³/mol. The van der Waals surface area contributed by atoms with Crippen molar-refractivity contribution >= 4 is 0 Å². The molecule has 0 fully saturated rings. The van der Waals surface area contributed by atoms with E-state index in [1.165, 1.54) is 5.56 Å². The van der Waals surface area contributed by atoms with E-state index >= 15 is 0 Å². The van der Waals surface area contributed by atoms with Crippen LogP contribution in [0.1, 0.15) is 39.2 Å². The van der Waals surface area contributed by atoms with Crippen LogP contribution in [0.3, 0.4) is 0 Å². The summed E-state index contributed by atoms with van der Waals surface area (Å²) in [6.07, 6.45) is 9.64. The van der Waals surface area contributed by atoms with Gasteiger partial charge in [-0.05, 0) is 54.5 Å². The maximum absolute atomic E-state index is 5.81. The Balaban J connectivity index is 1.99. The van der Waals surface area contributed by atoms with Crippen LogP contribution in [0.5, 0.6) is 5.75 Å². The van der Waals surface area contributed by atoms with Gasteiger partial charge in [0.2, 0.25) is 0 Å². The van der Waals surface area contributed by atoms with Gasteiger partial charge in [0, 0.05) is 0 Å². The summed E-state index contributed by atoms with van der Waals surface area (Å²) in [6, 6.07) is 8.44. The zero-order valence-corrected chi connectivity index (χ0v) is 11.6. The molecule has 1 aliphatic carbocycles. The topological polar surface area (TPSA) is 9.23 Å². The smallest absolute Gasteiger partial charge is 0.127 e. The van der Waals surface area contributed by atoms with Crippen molar-refractivity contribution in [3.8, 4) is 5.75 Å². The van der Waals surface area contributed by atoms with Crippen LogP contribution in [-0.2, 0) is 6.42 Å². The van der Waals surface area contributed by atoms with E-state index in [4.69, 9.17) is 4.74 Å². The largest absolute Gasteiger partial charge is 0.458 e. The molecule has 0 unspecified atom stereocenters. The van der Waals surface area contributed by atoms with E-state index in [9.17, 15) is 0 Å². The van der Waals surface area contributed by atoms with Crippen LogP contribution >= 0.6 is 0 Å².